The number of hydrogen-bond donors (Lipinski definition) is 2. The number of nitrogens with zero attached hydrogens (tertiary/aromatic N) is 1. The Morgan fingerprint density at radius 1 is 1.30 bits per heavy atom. The summed E-state index contributed by atoms with van der Waals surface area (Å²) in [5.74, 6) is -2.49. The first-order valence-corrected chi connectivity index (χ1v) is 6.58. The molecule has 0 bridgehead atoms. The topological polar surface area (TPSA) is 84.7 Å². The minimum absolute atomic E-state index is 0. The number of carbonyl (C=O) groups excluding carboxylic acids is 2. The fourth-order valence-corrected chi connectivity index (χ4v) is 1.74. The molecule has 0 aliphatic rings. The highest BCUT2D eigenvalue weighted by atomic mass is 35.5. The highest BCUT2D eigenvalue weighted by Gasteiger charge is 2.17. The number of hydrogen-bond acceptors (Lipinski definition) is 4. The van der Waals surface area contributed by atoms with E-state index in [4.69, 9.17) is 10.5 Å². The Morgan fingerprint density at radius 3 is 2.35 bits per heavy atom. The average Bonchev–Trinajstić information content (AvgIpc) is 2.42. The molecule has 9 heteroatoms. The Morgan fingerprint density at radius 2 is 1.87 bits per heavy atom. The van der Waals surface area contributed by atoms with Crippen LogP contribution in [0.15, 0.2) is 18.2 Å². The minimum atomic E-state index is -0.800. The number of rotatable bonds is 7. The van der Waals surface area contributed by atoms with Gasteiger partial charge in [0.2, 0.25) is 11.8 Å². The van der Waals surface area contributed by atoms with Crippen LogP contribution in [-0.4, -0.2) is 50.1 Å². The summed E-state index contributed by atoms with van der Waals surface area (Å²) in [5.41, 5.74) is 5.40. The zero-order valence-corrected chi connectivity index (χ0v) is 13.7. The first kappa shape index (κ1) is 21.2. The van der Waals surface area contributed by atoms with Crippen molar-refractivity contribution in [1.29, 1.82) is 0 Å². The smallest absolute Gasteiger partial charge is 0.243 e. The van der Waals surface area contributed by atoms with Crippen molar-refractivity contribution in [2.75, 3.05) is 32.6 Å². The van der Waals surface area contributed by atoms with Crippen LogP contribution < -0.4 is 11.1 Å². The number of nitrogens with one attached hydrogen (secondary N) is 1. The molecule has 0 fully saturated rings. The van der Waals surface area contributed by atoms with Crippen molar-refractivity contribution in [1.82, 2.24) is 4.90 Å². The molecule has 0 aliphatic carbocycles. The van der Waals surface area contributed by atoms with Crippen LogP contribution >= 0.6 is 12.4 Å². The number of benzene rings is 1. The molecular formula is C14H20ClF2N3O3. The summed E-state index contributed by atoms with van der Waals surface area (Å²) in [5, 5.41) is 2.32. The Labute approximate surface area is 139 Å². The van der Waals surface area contributed by atoms with Crippen LogP contribution in [0.4, 0.5) is 14.5 Å². The maximum absolute atomic E-state index is 13.0. The van der Waals surface area contributed by atoms with Gasteiger partial charge in [-0.15, -0.1) is 12.4 Å². The number of anilines is 1. The zero-order valence-electron chi connectivity index (χ0n) is 12.8. The summed E-state index contributed by atoms with van der Waals surface area (Å²) in [7, 11) is 2.88. The van der Waals surface area contributed by atoms with Gasteiger partial charge < -0.3 is 20.7 Å². The predicted molar refractivity (Wildman–Crippen MR) is 84.3 cm³/mol. The monoisotopic (exact) mass is 351 g/mol. The minimum Gasteiger partial charge on any atom is -0.380 e. The van der Waals surface area contributed by atoms with E-state index in [1.54, 1.807) is 0 Å². The molecule has 3 N–H and O–H groups in total. The standard InChI is InChI=1S/C14H19F2N3O3.ClH/c1-19(14(21)6-12(7-17)22-2)8-13(20)18-11-4-9(15)3-10(16)5-11;/h3-5,12H,6-8,17H2,1-2H3,(H,18,20);1H. The van der Waals surface area contributed by atoms with E-state index in [1.165, 1.54) is 19.1 Å². The van der Waals surface area contributed by atoms with Crippen LogP contribution in [0.3, 0.4) is 0 Å². The summed E-state index contributed by atoms with van der Waals surface area (Å²) in [6, 6.07) is 2.67. The highest BCUT2D eigenvalue weighted by Crippen LogP contribution is 2.12. The van der Waals surface area contributed by atoms with E-state index in [9.17, 15) is 18.4 Å². The summed E-state index contributed by atoms with van der Waals surface area (Å²) < 4.78 is 31.0. The number of ether oxygens (including phenoxy) is 1. The van der Waals surface area contributed by atoms with E-state index in [2.05, 4.69) is 5.32 Å². The summed E-state index contributed by atoms with van der Waals surface area (Å²) in [6.07, 6.45) is -0.374. The van der Waals surface area contributed by atoms with Crippen molar-refractivity contribution in [3.8, 4) is 0 Å². The third kappa shape index (κ3) is 7.36. The molecule has 0 saturated heterocycles. The van der Waals surface area contributed by atoms with Crippen LogP contribution in [0, 0.1) is 11.6 Å². The van der Waals surface area contributed by atoms with Crippen LogP contribution in [0.1, 0.15) is 6.42 Å². The molecule has 0 spiro atoms. The van der Waals surface area contributed by atoms with Crippen LogP contribution in [0.5, 0.6) is 0 Å². The van der Waals surface area contributed by atoms with Crippen molar-refractivity contribution in [3.63, 3.8) is 0 Å². The lowest BCUT2D eigenvalue weighted by Crippen LogP contribution is -2.38. The lowest BCUT2D eigenvalue weighted by molar-refractivity contribution is -0.135. The van der Waals surface area contributed by atoms with E-state index < -0.39 is 23.6 Å². The normalized spacial score (nSPS) is 11.3. The molecule has 23 heavy (non-hydrogen) atoms. The van der Waals surface area contributed by atoms with Gasteiger partial charge in [-0.1, -0.05) is 0 Å². The molecule has 1 atom stereocenters. The van der Waals surface area contributed by atoms with Crippen LogP contribution in [0.25, 0.3) is 0 Å². The Kier molecular flexibility index (Phi) is 9.31. The average molecular weight is 352 g/mol. The Hall–Kier alpha value is -1.77. The molecule has 0 radical (unpaired) electrons. The van der Waals surface area contributed by atoms with Crippen LogP contribution in [-0.2, 0) is 14.3 Å². The third-order valence-electron chi connectivity index (χ3n) is 2.95. The van der Waals surface area contributed by atoms with E-state index >= 15 is 0 Å². The molecule has 130 valence electrons. The molecule has 1 aromatic carbocycles. The Bertz CT molecular complexity index is 522. The quantitative estimate of drug-likeness (QED) is 0.771. The lowest BCUT2D eigenvalue weighted by atomic mass is 10.2. The number of methoxy groups -OCH3 is 1. The predicted octanol–water partition coefficient (Wildman–Crippen LogP) is 1.15. The van der Waals surface area contributed by atoms with Gasteiger partial charge >= 0.3 is 0 Å². The van der Waals surface area contributed by atoms with Crippen molar-refractivity contribution < 1.29 is 23.1 Å². The third-order valence-corrected chi connectivity index (χ3v) is 2.95. The van der Waals surface area contributed by atoms with Gasteiger partial charge in [-0.3, -0.25) is 9.59 Å². The number of amides is 2. The van der Waals surface area contributed by atoms with Crippen molar-refractivity contribution >= 4 is 29.9 Å². The summed E-state index contributed by atoms with van der Waals surface area (Å²) in [6.45, 7) is -0.0666. The van der Waals surface area contributed by atoms with Gasteiger partial charge in [0, 0.05) is 32.5 Å². The lowest BCUT2D eigenvalue weighted by Gasteiger charge is -2.19. The van der Waals surface area contributed by atoms with Gasteiger partial charge in [0.25, 0.3) is 0 Å². The fraction of sp³-hybridized carbons (Fsp3) is 0.429. The maximum atomic E-state index is 13.0. The number of carbonyl (C=O) groups is 2. The largest absolute Gasteiger partial charge is 0.380 e. The second-order valence-electron chi connectivity index (χ2n) is 4.75. The summed E-state index contributed by atoms with van der Waals surface area (Å²) in [4.78, 5) is 24.8. The second kappa shape index (κ2) is 10.1. The zero-order chi connectivity index (χ0) is 16.7. The van der Waals surface area contributed by atoms with Crippen molar-refractivity contribution in [3.05, 3.63) is 29.8 Å². The molecule has 0 aliphatic heterocycles. The van der Waals surface area contributed by atoms with E-state index in [-0.39, 0.29) is 43.5 Å². The molecular weight excluding hydrogens is 332 g/mol. The van der Waals surface area contributed by atoms with Crippen molar-refractivity contribution in [2.45, 2.75) is 12.5 Å². The van der Waals surface area contributed by atoms with Gasteiger partial charge in [0.1, 0.15) is 11.6 Å². The van der Waals surface area contributed by atoms with Crippen molar-refractivity contribution in [2.24, 2.45) is 5.73 Å². The summed E-state index contributed by atoms with van der Waals surface area (Å²) >= 11 is 0. The molecule has 0 saturated carbocycles. The number of nitrogens with two attached hydrogens (primary N) is 1. The molecule has 1 rings (SSSR count). The van der Waals surface area contributed by atoms with Gasteiger partial charge in [-0.05, 0) is 12.1 Å². The Balaban J connectivity index is 0.00000484. The highest BCUT2D eigenvalue weighted by molar-refractivity contribution is 5.94. The maximum Gasteiger partial charge on any atom is 0.243 e. The van der Waals surface area contributed by atoms with Gasteiger partial charge in [-0.25, -0.2) is 8.78 Å². The molecule has 2 amide bonds. The molecule has 0 heterocycles. The van der Waals surface area contributed by atoms with Gasteiger partial charge in [0.05, 0.1) is 19.1 Å². The van der Waals surface area contributed by atoms with E-state index in [0.29, 0.717) is 6.07 Å². The SMILES string of the molecule is COC(CN)CC(=O)N(C)CC(=O)Nc1cc(F)cc(F)c1.Cl. The fourth-order valence-electron chi connectivity index (χ4n) is 1.74. The molecule has 0 aromatic heterocycles. The molecule has 6 nitrogen and oxygen atoms in total. The number of halogens is 3. The van der Waals surface area contributed by atoms with Crippen LogP contribution in [0.2, 0.25) is 0 Å². The first-order valence-electron chi connectivity index (χ1n) is 6.58. The van der Waals surface area contributed by atoms with E-state index in [1.807, 2.05) is 0 Å². The van der Waals surface area contributed by atoms with E-state index in [0.717, 1.165) is 12.1 Å². The van der Waals surface area contributed by atoms with Gasteiger partial charge in [0.15, 0.2) is 0 Å². The molecule has 1 unspecified atom stereocenters. The number of likely N-dealkylation sites (N-methyl/N-ethyl adjacent to an activating group) is 1. The molecule has 1 aromatic rings. The first-order chi connectivity index (χ1) is 10.3. The second-order valence-corrected chi connectivity index (χ2v) is 4.75. The van der Waals surface area contributed by atoms with Gasteiger partial charge in [-0.2, -0.15) is 0 Å².